The maximum absolute atomic E-state index is 13.3. The number of methoxy groups -OCH3 is 1. The molecule has 2 N–H and O–H groups in total. The molecule has 0 bridgehead atoms. The van der Waals surface area contributed by atoms with Gasteiger partial charge in [0.15, 0.2) is 0 Å². The monoisotopic (exact) mass is 447 g/mol. The third kappa shape index (κ3) is 3.10. The van der Waals surface area contributed by atoms with Gasteiger partial charge >= 0.3 is 6.18 Å². The Balaban J connectivity index is 1.67. The first-order valence-electron chi connectivity index (χ1n) is 11.7. The van der Waals surface area contributed by atoms with Crippen molar-refractivity contribution in [1.82, 2.24) is 4.98 Å². The average molecular weight is 447 g/mol. The van der Waals surface area contributed by atoms with Gasteiger partial charge in [-0.3, -0.25) is 4.98 Å². The first-order valence-corrected chi connectivity index (χ1v) is 10.7. The van der Waals surface area contributed by atoms with Gasteiger partial charge in [0.25, 0.3) is 6.02 Å². The Morgan fingerprint density at radius 2 is 2.06 bits per heavy atom. The molecule has 170 valence electrons. The SMILES string of the molecule is [2H]C1([2H])OC(N)=N[C@]12c1cc(-c3cncc(C(F)(F)F)c3)ccc1C[C@]21CC[C@@H](OC)[C@H](C)C1. The second-order valence-electron chi connectivity index (χ2n) is 9.15. The van der Waals surface area contributed by atoms with Crippen LogP contribution in [0.4, 0.5) is 13.2 Å². The lowest BCUT2D eigenvalue weighted by atomic mass is 9.59. The zero-order chi connectivity index (χ0) is 24.5. The fourth-order valence-electron chi connectivity index (χ4n) is 5.85. The molecular weight excluding hydrogens is 419 g/mol. The summed E-state index contributed by atoms with van der Waals surface area (Å²) in [5.74, 6) is 0.157. The quantitative estimate of drug-likeness (QED) is 0.726. The number of nitrogens with two attached hydrogens (primary N) is 1. The summed E-state index contributed by atoms with van der Waals surface area (Å²) in [6.45, 7) is -0.128. The Kier molecular flexibility index (Phi) is 4.26. The predicted molar refractivity (Wildman–Crippen MR) is 114 cm³/mol. The fraction of sp³-hybridized carbons (Fsp3) is 0.500. The zero-order valence-electron chi connectivity index (χ0n) is 19.9. The highest BCUT2D eigenvalue weighted by molar-refractivity contribution is 5.76. The number of ether oxygens (including phenoxy) is 2. The standard InChI is InChI=1S/C24H26F3N3O2/c1-14-9-22(6-5-20(14)31-2)10-16-4-3-15(8-19(16)23(22)13-32-21(28)30-23)17-7-18(12-29-11-17)24(25,26)27/h3-4,7-8,11-12,14,20H,5-6,9-10,13H2,1-2H3,(H2,28,30)/t14-,20-,22-,23+/m1/s1/i13D2. The Labute approximate surface area is 187 Å². The Hall–Kier alpha value is -2.61. The summed E-state index contributed by atoms with van der Waals surface area (Å²) in [4.78, 5) is 8.41. The van der Waals surface area contributed by atoms with Crippen molar-refractivity contribution >= 4 is 6.02 Å². The van der Waals surface area contributed by atoms with Gasteiger partial charge in [-0.1, -0.05) is 19.1 Å². The van der Waals surface area contributed by atoms with Crippen molar-refractivity contribution in [3.63, 3.8) is 0 Å². The third-order valence-electron chi connectivity index (χ3n) is 7.33. The van der Waals surface area contributed by atoms with Crippen molar-refractivity contribution in [3.8, 4) is 11.1 Å². The van der Waals surface area contributed by atoms with Gasteiger partial charge in [0.1, 0.15) is 12.1 Å². The molecule has 2 spiro atoms. The van der Waals surface area contributed by atoms with Gasteiger partial charge in [-0.05, 0) is 60.4 Å². The highest BCUT2D eigenvalue weighted by Gasteiger charge is 2.62. The van der Waals surface area contributed by atoms with Crippen LogP contribution in [0.1, 0.15) is 45.6 Å². The van der Waals surface area contributed by atoms with Gasteiger partial charge in [-0.25, -0.2) is 4.99 Å². The van der Waals surface area contributed by atoms with Gasteiger partial charge in [0.2, 0.25) is 0 Å². The van der Waals surface area contributed by atoms with Crippen LogP contribution in [-0.4, -0.2) is 30.8 Å². The smallest absolute Gasteiger partial charge is 0.417 e. The molecule has 1 aliphatic heterocycles. The molecule has 0 saturated heterocycles. The molecule has 2 heterocycles. The highest BCUT2D eigenvalue weighted by Crippen LogP contribution is 2.62. The van der Waals surface area contributed by atoms with E-state index in [1.807, 2.05) is 6.07 Å². The second-order valence-corrected chi connectivity index (χ2v) is 9.15. The number of rotatable bonds is 2. The first-order chi connectivity index (χ1) is 15.9. The van der Waals surface area contributed by atoms with Crippen molar-refractivity contribution < 1.29 is 25.4 Å². The topological polar surface area (TPSA) is 69.7 Å². The van der Waals surface area contributed by atoms with E-state index in [2.05, 4.69) is 16.9 Å². The van der Waals surface area contributed by atoms with Gasteiger partial charge in [-0.15, -0.1) is 0 Å². The summed E-state index contributed by atoms with van der Waals surface area (Å²) in [6, 6.07) is 6.18. The largest absolute Gasteiger partial charge is 0.462 e. The zero-order valence-corrected chi connectivity index (χ0v) is 17.9. The van der Waals surface area contributed by atoms with E-state index in [9.17, 15) is 13.2 Å². The van der Waals surface area contributed by atoms with Crippen LogP contribution in [0.3, 0.4) is 0 Å². The number of hydrogen-bond acceptors (Lipinski definition) is 5. The second kappa shape index (κ2) is 7.20. The maximum atomic E-state index is 13.3. The van der Waals surface area contributed by atoms with E-state index in [1.54, 1.807) is 19.2 Å². The number of fused-ring (bicyclic) bond motifs is 3. The van der Waals surface area contributed by atoms with Gasteiger partial charge in [0.05, 0.1) is 14.4 Å². The van der Waals surface area contributed by atoms with Crippen molar-refractivity contribution in [2.75, 3.05) is 13.7 Å². The summed E-state index contributed by atoms with van der Waals surface area (Å²) < 4.78 is 68.6. The minimum atomic E-state index is -4.52. The van der Waals surface area contributed by atoms with Crippen LogP contribution in [0.5, 0.6) is 0 Å². The van der Waals surface area contributed by atoms with E-state index in [4.69, 9.17) is 17.9 Å². The normalized spacial score (nSPS) is 34.1. The van der Waals surface area contributed by atoms with E-state index in [0.717, 1.165) is 24.2 Å². The molecule has 2 aliphatic carbocycles. The number of pyridine rings is 1. The predicted octanol–water partition coefficient (Wildman–Crippen LogP) is 4.69. The minimum Gasteiger partial charge on any atom is -0.462 e. The lowest BCUT2D eigenvalue weighted by molar-refractivity contribution is -0.137. The summed E-state index contributed by atoms with van der Waals surface area (Å²) in [5, 5.41) is 0. The Bertz CT molecular complexity index is 1170. The van der Waals surface area contributed by atoms with E-state index < -0.39 is 29.3 Å². The van der Waals surface area contributed by atoms with Crippen molar-refractivity contribution in [3.05, 3.63) is 53.3 Å². The van der Waals surface area contributed by atoms with E-state index in [-0.39, 0.29) is 18.0 Å². The third-order valence-corrected chi connectivity index (χ3v) is 7.33. The van der Waals surface area contributed by atoms with Crippen LogP contribution >= 0.6 is 0 Å². The Morgan fingerprint density at radius 1 is 1.25 bits per heavy atom. The number of hydrogen-bond donors (Lipinski definition) is 1. The summed E-state index contributed by atoms with van der Waals surface area (Å²) in [6.07, 6.45) is 0.330. The van der Waals surface area contributed by atoms with Gasteiger partial charge < -0.3 is 15.2 Å². The number of alkyl halides is 3. The number of amidine groups is 1. The molecule has 2 aromatic rings. The molecule has 4 atom stereocenters. The van der Waals surface area contributed by atoms with E-state index in [0.29, 0.717) is 36.0 Å². The number of benzene rings is 1. The molecule has 0 radical (unpaired) electrons. The molecule has 0 unspecified atom stereocenters. The molecule has 1 saturated carbocycles. The van der Waals surface area contributed by atoms with E-state index >= 15 is 0 Å². The molecule has 5 nitrogen and oxygen atoms in total. The summed E-state index contributed by atoms with van der Waals surface area (Å²) >= 11 is 0. The lowest BCUT2D eigenvalue weighted by Gasteiger charge is -2.47. The molecule has 8 heteroatoms. The fourth-order valence-corrected chi connectivity index (χ4v) is 5.85. The van der Waals surface area contributed by atoms with Crippen LogP contribution in [-0.2, 0) is 27.6 Å². The van der Waals surface area contributed by atoms with Crippen LogP contribution in [0, 0.1) is 11.3 Å². The molecule has 32 heavy (non-hydrogen) atoms. The summed E-state index contributed by atoms with van der Waals surface area (Å²) in [5.41, 5.74) is 5.40. The van der Waals surface area contributed by atoms with Crippen LogP contribution in [0.25, 0.3) is 11.1 Å². The maximum Gasteiger partial charge on any atom is 0.417 e. The molecule has 3 aliphatic rings. The molecule has 1 aromatic carbocycles. The van der Waals surface area contributed by atoms with E-state index in [1.165, 1.54) is 6.20 Å². The molecule has 5 rings (SSSR count). The van der Waals surface area contributed by atoms with Crippen molar-refractivity contribution in [2.45, 2.75) is 50.4 Å². The first kappa shape index (κ1) is 18.9. The van der Waals surface area contributed by atoms with Gasteiger partial charge in [-0.2, -0.15) is 13.2 Å². The van der Waals surface area contributed by atoms with Crippen LogP contribution in [0.2, 0.25) is 0 Å². The average Bonchev–Trinajstić information content (AvgIpc) is 3.17. The highest BCUT2D eigenvalue weighted by atomic mass is 19.4. The van der Waals surface area contributed by atoms with Crippen molar-refractivity contribution in [2.24, 2.45) is 22.1 Å². The molecule has 1 aromatic heterocycles. The number of halogens is 3. The summed E-state index contributed by atoms with van der Waals surface area (Å²) in [7, 11) is 1.68. The number of aromatic nitrogens is 1. The lowest BCUT2D eigenvalue weighted by Crippen LogP contribution is -2.48. The molecule has 1 fully saturated rings. The van der Waals surface area contributed by atoms with Crippen molar-refractivity contribution in [1.29, 1.82) is 0 Å². The molecular formula is C24H26F3N3O2. The number of nitrogens with zero attached hydrogens (tertiary/aromatic N) is 2. The van der Waals surface area contributed by atoms with Crippen LogP contribution in [0.15, 0.2) is 41.7 Å². The van der Waals surface area contributed by atoms with Crippen LogP contribution < -0.4 is 5.73 Å². The minimum absolute atomic E-state index is 0.0626. The Morgan fingerprint density at radius 3 is 2.72 bits per heavy atom. The van der Waals surface area contributed by atoms with Gasteiger partial charge in [0, 0.05) is 30.5 Å². The number of aliphatic imine (C=N–C) groups is 1. The molecule has 0 amide bonds.